The van der Waals surface area contributed by atoms with E-state index in [9.17, 15) is 4.79 Å². The van der Waals surface area contributed by atoms with Crippen molar-refractivity contribution in [2.45, 2.75) is 24.3 Å². The summed E-state index contributed by atoms with van der Waals surface area (Å²) in [6.07, 6.45) is 1.75. The lowest BCUT2D eigenvalue weighted by molar-refractivity contribution is -0.116. The zero-order chi connectivity index (χ0) is 19.5. The van der Waals surface area contributed by atoms with Gasteiger partial charge < -0.3 is 5.32 Å². The monoisotopic (exact) mass is 409 g/mol. The number of fused-ring (bicyclic) bond motifs is 1. The molecular formula is C20H19N5OS2. The van der Waals surface area contributed by atoms with Gasteiger partial charge in [-0.15, -0.1) is 16.4 Å². The fraction of sp³-hybridized carbons (Fsp3) is 0.200. The SMILES string of the molecule is CC(C)C(Sc1n[nH]c(-c2cccs2)n1)C(=O)Nc1cccc2ncccc12. The van der Waals surface area contributed by atoms with E-state index in [-0.39, 0.29) is 17.1 Å². The molecule has 0 bridgehead atoms. The van der Waals surface area contributed by atoms with Crippen LogP contribution in [0, 0.1) is 5.92 Å². The third kappa shape index (κ3) is 3.93. The molecule has 1 aromatic carbocycles. The molecule has 0 aliphatic rings. The van der Waals surface area contributed by atoms with Crippen molar-refractivity contribution in [3.8, 4) is 10.7 Å². The van der Waals surface area contributed by atoms with Crippen molar-refractivity contribution in [1.82, 2.24) is 20.2 Å². The summed E-state index contributed by atoms with van der Waals surface area (Å²) in [5, 5.41) is 13.4. The minimum Gasteiger partial charge on any atom is -0.324 e. The predicted molar refractivity (Wildman–Crippen MR) is 115 cm³/mol. The lowest BCUT2D eigenvalue weighted by atomic mass is 10.1. The van der Waals surface area contributed by atoms with Gasteiger partial charge in [0, 0.05) is 11.6 Å². The Hall–Kier alpha value is -2.71. The van der Waals surface area contributed by atoms with E-state index in [2.05, 4.69) is 25.5 Å². The van der Waals surface area contributed by atoms with Gasteiger partial charge in [0.25, 0.3) is 0 Å². The summed E-state index contributed by atoms with van der Waals surface area (Å²) in [4.78, 5) is 22.9. The molecule has 1 amide bonds. The Morgan fingerprint density at radius 3 is 2.86 bits per heavy atom. The number of H-pyrrole nitrogens is 1. The number of amides is 1. The van der Waals surface area contributed by atoms with Crippen LogP contribution in [-0.4, -0.2) is 31.3 Å². The third-order valence-electron chi connectivity index (χ3n) is 4.22. The van der Waals surface area contributed by atoms with Gasteiger partial charge in [0.15, 0.2) is 5.82 Å². The first kappa shape index (κ1) is 18.6. The molecule has 0 aliphatic carbocycles. The van der Waals surface area contributed by atoms with Crippen LogP contribution in [0.2, 0.25) is 0 Å². The van der Waals surface area contributed by atoms with Crippen LogP contribution in [0.25, 0.3) is 21.6 Å². The van der Waals surface area contributed by atoms with Gasteiger partial charge >= 0.3 is 0 Å². The number of nitrogens with zero attached hydrogens (tertiary/aromatic N) is 3. The van der Waals surface area contributed by atoms with Crippen molar-refractivity contribution < 1.29 is 4.79 Å². The van der Waals surface area contributed by atoms with Crippen molar-refractivity contribution in [3.05, 3.63) is 54.0 Å². The Morgan fingerprint density at radius 1 is 1.18 bits per heavy atom. The quantitative estimate of drug-likeness (QED) is 0.445. The number of aromatic nitrogens is 4. The molecule has 4 aromatic rings. The smallest absolute Gasteiger partial charge is 0.238 e. The zero-order valence-electron chi connectivity index (χ0n) is 15.4. The zero-order valence-corrected chi connectivity index (χ0v) is 17.1. The van der Waals surface area contributed by atoms with Crippen LogP contribution in [-0.2, 0) is 4.79 Å². The summed E-state index contributed by atoms with van der Waals surface area (Å²) < 4.78 is 0. The molecule has 3 aromatic heterocycles. The van der Waals surface area contributed by atoms with Gasteiger partial charge in [-0.05, 0) is 41.6 Å². The first-order valence-electron chi connectivity index (χ1n) is 8.89. The predicted octanol–water partition coefficient (Wildman–Crippen LogP) is 4.84. The van der Waals surface area contributed by atoms with Crippen LogP contribution in [0.5, 0.6) is 0 Å². The Bertz CT molecular complexity index is 1090. The van der Waals surface area contributed by atoms with Crippen molar-refractivity contribution in [2.24, 2.45) is 5.92 Å². The van der Waals surface area contributed by atoms with Crippen molar-refractivity contribution in [2.75, 3.05) is 5.32 Å². The topological polar surface area (TPSA) is 83.6 Å². The molecule has 0 saturated heterocycles. The molecule has 3 heterocycles. The van der Waals surface area contributed by atoms with E-state index in [0.29, 0.717) is 5.16 Å². The average Bonchev–Trinajstić information content (AvgIpc) is 3.38. The molecule has 8 heteroatoms. The van der Waals surface area contributed by atoms with E-state index < -0.39 is 0 Å². The number of carbonyl (C=O) groups is 1. The van der Waals surface area contributed by atoms with Crippen LogP contribution in [0.15, 0.2) is 59.2 Å². The number of anilines is 1. The van der Waals surface area contributed by atoms with E-state index in [0.717, 1.165) is 27.3 Å². The van der Waals surface area contributed by atoms with Crippen molar-refractivity contribution >= 4 is 45.6 Å². The molecule has 0 spiro atoms. The Kier molecular flexibility index (Phi) is 5.40. The number of thiophene rings is 1. The van der Waals surface area contributed by atoms with Crippen LogP contribution < -0.4 is 5.32 Å². The summed E-state index contributed by atoms with van der Waals surface area (Å²) in [6.45, 7) is 4.05. The lowest BCUT2D eigenvalue weighted by Crippen LogP contribution is -2.29. The molecule has 0 radical (unpaired) electrons. The van der Waals surface area contributed by atoms with E-state index in [1.807, 2.05) is 61.7 Å². The summed E-state index contributed by atoms with van der Waals surface area (Å²) in [5.74, 6) is 0.765. The van der Waals surface area contributed by atoms with Crippen LogP contribution in [0.4, 0.5) is 5.69 Å². The normalized spacial score (nSPS) is 12.4. The highest BCUT2D eigenvalue weighted by atomic mass is 32.2. The molecule has 1 unspecified atom stereocenters. The largest absolute Gasteiger partial charge is 0.324 e. The Labute approximate surface area is 170 Å². The standard InChI is InChI=1S/C20H19N5OS2/c1-12(2)17(28-20-23-18(24-25-20)16-9-5-11-27-16)19(26)22-15-8-3-7-14-13(15)6-4-10-21-14/h3-12,17H,1-2H3,(H,22,26)(H,23,24,25). The minimum atomic E-state index is -0.320. The third-order valence-corrected chi connectivity index (χ3v) is 6.50. The maximum atomic E-state index is 13.0. The maximum Gasteiger partial charge on any atom is 0.238 e. The molecule has 1 atom stereocenters. The van der Waals surface area contributed by atoms with Crippen molar-refractivity contribution in [1.29, 1.82) is 0 Å². The van der Waals surface area contributed by atoms with Gasteiger partial charge in [-0.1, -0.05) is 37.7 Å². The second-order valence-corrected chi connectivity index (χ2v) is 8.65. The number of hydrogen-bond acceptors (Lipinski definition) is 6. The summed E-state index contributed by atoms with van der Waals surface area (Å²) >= 11 is 2.97. The first-order chi connectivity index (χ1) is 13.6. The summed E-state index contributed by atoms with van der Waals surface area (Å²) in [5.41, 5.74) is 1.61. The number of benzene rings is 1. The molecule has 142 valence electrons. The van der Waals surface area contributed by atoms with E-state index in [1.54, 1.807) is 17.5 Å². The number of nitrogens with one attached hydrogen (secondary N) is 2. The number of rotatable bonds is 6. The van der Waals surface area contributed by atoms with Crippen LogP contribution >= 0.6 is 23.1 Å². The average molecular weight is 410 g/mol. The van der Waals surface area contributed by atoms with Crippen molar-refractivity contribution in [3.63, 3.8) is 0 Å². The van der Waals surface area contributed by atoms with Gasteiger partial charge in [-0.3, -0.25) is 14.9 Å². The highest BCUT2D eigenvalue weighted by Crippen LogP contribution is 2.30. The minimum absolute atomic E-state index is 0.0705. The number of hydrogen-bond donors (Lipinski definition) is 2. The number of carbonyl (C=O) groups excluding carboxylic acids is 1. The first-order valence-corrected chi connectivity index (χ1v) is 10.7. The summed E-state index contributed by atoms with van der Waals surface area (Å²) in [7, 11) is 0. The number of thioether (sulfide) groups is 1. The molecule has 4 rings (SSSR count). The maximum absolute atomic E-state index is 13.0. The highest BCUT2D eigenvalue weighted by Gasteiger charge is 2.26. The number of aromatic amines is 1. The van der Waals surface area contributed by atoms with Gasteiger partial charge in [0.1, 0.15) is 0 Å². The lowest BCUT2D eigenvalue weighted by Gasteiger charge is -2.19. The molecule has 28 heavy (non-hydrogen) atoms. The Balaban J connectivity index is 1.53. The van der Waals surface area contributed by atoms with E-state index >= 15 is 0 Å². The van der Waals surface area contributed by atoms with Gasteiger partial charge in [0.2, 0.25) is 11.1 Å². The van der Waals surface area contributed by atoms with Gasteiger partial charge in [0.05, 0.1) is 21.3 Å². The molecule has 2 N–H and O–H groups in total. The number of pyridine rings is 1. The van der Waals surface area contributed by atoms with Crippen LogP contribution in [0.1, 0.15) is 13.8 Å². The molecular weight excluding hydrogens is 390 g/mol. The highest BCUT2D eigenvalue weighted by molar-refractivity contribution is 8.00. The fourth-order valence-electron chi connectivity index (χ4n) is 2.84. The van der Waals surface area contributed by atoms with Gasteiger partial charge in [-0.2, -0.15) is 0 Å². The Morgan fingerprint density at radius 2 is 2.07 bits per heavy atom. The van der Waals surface area contributed by atoms with E-state index in [4.69, 9.17) is 0 Å². The molecule has 0 saturated carbocycles. The second-order valence-electron chi connectivity index (χ2n) is 6.59. The molecule has 0 fully saturated rings. The van der Waals surface area contributed by atoms with Crippen LogP contribution in [0.3, 0.4) is 0 Å². The van der Waals surface area contributed by atoms with Gasteiger partial charge in [-0.25, -0.2) is 4.98 Å². The van der Waals surface area contributed by atoms with E-state index in [1.165, 1.54) is 11.8 Å². The molecule has 0 aliphatic heterocycles. The fourth-order valence-corrected chi connectivity index (χ4v) is 4.42. The second kappa shape index (κ2) is 8.12. The summed E-state index contributed by atoms with van der Waals surface area (Å²) in [6, 6.07) is 13.5. The molecule has 6 nitrogen and oxygen atoms in total.